The van der Waals surface area contributed by atoms with Gasteiger partial charge in [0.15, 0.2) is 0 Å². The van der Waals surface area contributed by atoms with Crippen LogP contribution in [0.3, 0.4) is 0 Å². The Hall–Kier alpha value is -1.76. The number of hydrogen-bond acceptors (Lipinski definition) is 4. The minimum Gasteiger partial charge on any atom is -0.348 e. The summed E-state index contributed by atoms with van der Waals surface area (Å²) in [6.45, 7) is 2.05. The summed E-state index contributed by atoms with van der Waals surface area (Å²) < 4.78 is 2.39. The Labute approximate surface area is 113 Å². The molecule has 0 aliphatic heterocycles. The van der Waals surface area contributed by atoms with Crippen molar-refractivity contribution >= 4 is 21.8 Å². The molecule has 1 N–H and O–H groups in total. The van der Waals surface area contributed by atoms with Crippen LogP contribution >= 0.6 is 15.9 Å². The van der Waals surface area contributed by atoms with E-state index in [0.29, 0.717) is 0 Å². The predicted molar refractivity (Wildman–Crippen MR) is 68.5 cm³/mol. The Kier molecular flexibility index (Phi) is 4.03. The third-order valence-electron chi connectivity index (χ3n) is 2.44. The molecule has 6 nitrogen and oxygen atoms in total. The lowest BCUT2D eigenvalue weighted by Gasteiger charge is -2.14. The number of rotatable bonds is 4. The lowest BCUT2D eigenvalue weighted by molar-refractivity contribution is -0.122. The predicted octanol–water partition coefficient (Wildman–Crippen LogP) is 1.31. The number of nitrogens with zero attached hydrogens (tertiary/aromatic N) is 4. The smallest absolute Gasteiger partial charge is 0.242 e. The standard InChI is InChI=1S/C11H12BrN5O/c1-8(9-2-4-10(12)5-3-9)14-11(18)6-17-7-13-15-16-17/h2-5,7-8H,6H2,1H3,(H,14,18). The van der Waals surface area contributed by atoms with Crippen LogP contribution in [0.25, 0.3) is 0 Å². The SMILES string of the molecule is CC(NC(=O)Cn1cnnn1)c1ccc(Br)cc1. The average Bonchev–Trinajstić information content (AvgIpc) is 2.82. The molecule has 1 amide bonds. The first-order valence-electron chi connectivity index (χ1n) is 5.41. The normalized spacial score (nSPS) is 12.1. The van der Waals surface area contributed by atoms with Gasteiger partial charge < -0.3 is 5.32 Å². The van der Waals surface area contributed by atoms with Crippen LogP contribution in [0.15, 0.2) is 35.1 Å². The lowest BCUT2D eigenvalue weighted by Crippen LogP contribution is -2.30. The molecule has 2 aromatic rings. The molecule has 1 aromatic heterocycles. The van der Waals surface area contributed by atoms with Crippen LogP contribution in [0, 0.1) is 0 Å². The van der Waals surface area contributed by atoms with Crippen LogP contribution in [-0.4, -0.2) is 26.1 Å². The molecule has 0 spiro atoms. The molecule has 0 saturated carbocycles. The summed E-state index contributed by atoms with van der Waals surface area (Å²) in [6, 6.07) is 7.76. The van der Waals surface area contributed by atoms with E-state index < -0.39 is 0 Å². The number of aromatic nitrogens is 4. The van der Waals surface area contributed by atoms with E-state index in [1.807, 2.05) is 31.2 Å². The van der Waals surface area contributed by atoms with Gasteiger partial charge in [-0.2, -0.15) is 0 Å². The monoisotopic (exact) mass is 309 g/mol. The molecule has 2 rings (SSSR count). The number of tetrazole rings is 1. The molecule has 0 aliphatic rings. The van der Waals surface area contributed by atoms with Crippen LogP contribution < -0.4 is 5.32 Å². The lowest BCUT2D eigenvalue weighted by atomic mass is 10.1. The van der Waals surface area contributed by atoms with E-state index in [2.05, 4.69) is 36.8 Å². The van der Waals surface area contributed by atoms with E-state index in [0.717, 1.165) is 10.0 Å². The van der Waals surface area contributed by atoms with Gasteiger partial charge in [0.05, 0.1) is 6.04 Å². The fourth-order valence-corrected chi connectivity index (χ4v) is 1.79. The van der Waals surface area contributed by atoms with E-state index in [1.165, 1.54) is 11.0 Å². The molecule has 1 unspecified atom stereocenters. The van der Waals surface area contributed by atoms with E-state index in [9.17, 15) is 4.79 Å². The third kappa shape index (κ3) is 3.36. The molecule has 1 heterocycles. The maximum absolute atomic E-state index is 11.7. The van der Waals surface area contributed by atoms with Gasteiger partial charge in [0, 0.05) is 4.47 Å². The molecule has 1 aromatic carbocycles. The number of carbonyl (C=O) groups is 1. The zero-order chi connectivity index (χ0) is 13.0. The van der Waals surface area contributed by atoms with Crippen LogP contribution in [0.2, 0.25) is 0 Å². The Balaban J connectivity index is 1.92. The van der Waals surface area contributed by atoms with Crippen molar-refractivity contribution in [2.24, 2.45) is 0 Å². The maximum Gasteiger partial charge on any atom is 0.242 e. The van der Waals surface area contributed by atoms with Crippen LogP contribution in [0.4, 0.5) is 0 Å². The third-order valence-corrected chi connectivity index (χ3v) is 2.97. The van der Waals surface area contributed by atoms with Gasteiger partial charge in [0.25, 0.3) is 0 Å². The van der Waals surface area contributed by atoms with E-state index >= 15 is 0 Å². The molecular formula is C11H12BrN5O. The Bertz CT molecular complexity index is 511. The van der Waals surface area contributed by atoms with Gasteiger partial charge >= 0.3 is 0 Å². The number of halogens is 1. The topological polar surface area (TPSA) is 72.7 Å². The molecule has 94 valence electrons. The molecule has 0 fully saturated rings. The first kappa shape index (κ1) is 12.7. The fourth-order valence-electron chi connectivity index (χ4n) is 1.52. The molecular weight excluding hydrogens is 298 g/mol. The molecule has 0 radical (unpaired) electrons. The zero-order valence-corrected chi connectivity index (χ0v) is 11.3. The van der Waals surface area contributed by atoms with Gasteiger partial charge in [-0.15, -0.1) is 5.10 Å². The maximum atomic E-state index is 11.7. The van der Waals surface area contributed by atoms with Crippen molar-refractivity contribution in [1.82, 2.24) is 25.5 Å². The summed E-state index contributed by atoms with van der Waals surface area (Å²) in [5, 5.41) is 13.5. The minimum absolute atomic E-state index is 0.0536. The van der Waals surface area contributed by atoms with Crippen molar-refractivity contribution in [3.63, 3.8) is 0 Å². The summed E-state index contributed by atoms with van der Waals surface area (Å²) in [5.74, 6) is -0.127. The highest BCUT2D eigenvalue weighted by atomic mass is 79.9. The van der Waals surface area contributed by atoms with E-state index in [-0.39, 0.29) is 18.5 Å². The highest BCUT2D eigenvalue weighted by molar-refractivity contribution is 9.10. The van der Waals surface area contributed by atoms with Gasteiger partial charge in [-0.25, -0.2) is 4.68 Å². The fraction of sp³-hybridized carbons (Fsp3) is 0.273. The van der Waals surface area contributed by atoms with Gasteiger partial charge in [-0.05, 0) is 35.0 Å². The molecule has 7 heteroatoms. The highest BCUT2D eigenvalue weighted by Crippen LogP contribution is 2.16. The zero-order valence-electron chi connectivity index (χ0n) is 9.75. The van der Waals surface area contributed by atoms with E-state index in [1.54, 1.807) is 0 Å². The number of hydrogen-bond donors (Lipinski definition) is 1. The van der Waals surface area contributed by atoms with Crippen LogP contribution in [0.5, 0.6) is 0 Å². The van der Waals surface area contributed by atoms with Crippen molar-refractivity contribution in [3.05, 3.63) is 40.6 Å². The van der Waals surface area contributed by atoms with Crippen molar-refractivity contribution < 1.29 is 4.79 Å². The average molecular weight is 310 g/mol. The van der Waals surface area contributed by atoms with Gasteiger partial charge in [-0.3, -0.25) is 4.79 Å². The highest BCUT2D eigenvalue weighted by Gasteiger charge is 2.10. The quantitative estimate of drug-likeness (QED) is 0.924. The summed E-state index contributed by atoms with van der Waals surface area (Å²) in [4.78, 5) is 11.7. The second kappa shape index (κ2) is 5.72. The first-order chi connectivity index (χ1) is 8.65. The number of amides is 1. The number of nitrogens with one attached hydrogen (secondary N) is 1. The molecule has 1 atom stereocenters. The second-order valence-corrected chi connectivity index (χ2v) is 4.76. The minimum atomic E-state index is -0.127. The largest absolute Gasteiger partial charge is 0.348 e. The van der Waals surface area contributed by atoms with Crippen molar-refractivity contribution in [2.75, 3.05) is 0 Å². The Morgan fingerprint density at radius 1 is 1.44 bits per heavy atom. The molecule has 18 heavy (non-hydrogen) atoms. The number of benzene rings is 1. The molecule has 0 aliphatic carbocycles. The number of carbonyl (C=O) groups excluding carboxylic acids is 1. The first-order valence-corrected chi connectivity index (χ1v) is 6.20. The summed E-state index contributed by atoms with van der Waals surface area (Å²) in [6.07, 6.45) is 1.41. The van der Waals surface area contributed by atoms with E-state index in [4.69, 9.17) is 0 Å². The summed E-state index contributed by atoms with van der Waals surface area (Å²) in [7, 11) is 0. The Morgan fingerprint density at radius 3 is 2.78 bits per heavy atom. The van der Waals surface area contributed by atoms with Gasteiger partial charge in [-0.1, -0.05) is 28.1 Å². The molecule has 0 saturated heterocycles. The van der Waals surface area contributed by atoms with Crippen molar-refractivity contribution in [3.8, 4) is 0 Å². The van der Waals surface area contributed by atoms with Gasteiger partial charge in [0.2, 0.25) is 5.91 Å². The Morgan fingerprint density at radius 2 is 2.17 bits per heavy atom. The van der Waals surface area contributed by atoms with Gasteiger partial charge in [0.1, 0.15) is 12.9 Å². The summed E-state index contributed by atoms with van der Waals surface area (Å²) in [5.41, 5.74) is 1.04. The van der Waals surface area contributed by atoms with Crippen LogP contribution in [0.1, 0.15) is 18.5 Å². The van der Waals surface area contributed by atoms with Crippen molar-refractivity contribution in [1.29, 1.82) is 0 Å². The second-order valence-electron chi connectivity index (χ2n) is 3.85. The van der Waals surface area contributed by atoms with Crippen LogP contribution in [-0.2, 0) is 11.3 Å². The molecule has 0 bridgehead atoms. The summed E-state index contributed by atoms with van der Waals surface area (Å²) >= 11 is 3.37. The van der Waals surface area contributed by atoms with Crippen molar-refractivity contribution in [2.45, 2.75) is 19.5 Å².